The first-order valence-electron chi connectivity index (χ1n) is 7.25. The van der Waals surface area contributed by atoms with Gasteiger partial charge in [-0.15, -0.1) is 0 Å². The third kappa shape index (κ3) is 4.43. The van der Waals surface area contributed by atoms with Crippen LogP contribution in [0.2, 0.25) is 0 Å². The number of aryl methyl sites for hydroxylation is 1. The van der Waals surface area contributed by atoms with Gasteiger partial charge in [0.25, 0.3) is 0 Å². The molecule has 0 aromatic heterocycles. The zero-order chi connectivity index (χ0) is 15.1. The Bertz CT molecular complexity index is 608. The Labute approximate surface area is 125 Å². The van der Waals surface area contributed by atoms with Crippen LogP contribution in [-0.2, 0) is 30.8 Å². The third-order valence-corrected chi connectivity index (χ3v) is 3.53. The number of benzene rings is 2. The summed E-state index contributed by atoms with van der Waals surface area (Å²) in [7, 11) is 0. The van der Waals surface area contributed by atoms with Gasteiger partial charge in [0, 0.05) is 6.54 Å². The van der Waals surface area contributed by atoms with Crippen LogP contribution in [0.25, 0.3) is 0 Å². The zero-order valence-electron chi connectivity index (χ0n) is 12.3. The molecule has 2 aromatic carbocycles. The Morgan fingerprint density at radius 3 is 2.48 bits per heavy atom. The maximum absolute atomic E-state index is 12.0. The van der Waals surface area contributed by atoms with E-state index in [-0.39, 0.29) is 12.5 Å². The van der Waals surface area contributed by atoms with Gasteiger partial charge in [-0.05, 0) is 28.7 Å². The molecule has 0 aliphatic rings. The quantitative estimate of drug-likeness (QED) is 0.856. The molecule has 0 fully saturated rings. The van der Waals surface area contributed by atoms with Gasteiger partial charge in [-0.1, -0.05) is 55.5 Å². The van der Waals surface area contributed by atoms with E-state index in [0.717, 1.165) is 23.1 Å². The van der Waals surface area contributed by atoms with E-state index >= 15 is 0 Å². The smallest absolute Gasteiger partial charge is 0.224 e. The molecule has 2 rings (SSSR count). The SMILES string of the molecule is CCc1cccc(CC(=O)NCc2ccccc2CO)c1. The van der Waals surface area contributed by atoms with Crippen molar-refractivity contribution < 1.29 is 9.90 Å². The molecule has 0 spiro atoms. The molecule has 110 valence electrons. The normalized spacial score (nSPS) is 10.4. The van der Waals surface area contributed by atoms with Gasteiger partial charge in [-0.2, -0.15) is 0 Å². The lowest BCUT2D eigenvalue weighted by Gasteiger charge is -2.09. The van der Waals surface area contributed by atoms with E-state index in [4.69, 9.17) is 0 Å². The fourth-order valence-electron chi connectivity index (χ4n) is 2.29. The molecule has 0 aliphatic carbocycles. The van der Waals surface area contributed by atoms with Crippen molar-refractivity contribution in [3.63, 3.8) is 0 Å². The van der Waals surface area contributed by atoms with Crippen molar-refractivity contribution in [3.05, 3.63) is 70.8 Å². The molecule has 0 aliphatic heterocycles. The summed E-state index contributed by atoms with van der Waals surface area (Å²) in [4.78, 5) is 12.0. The highest BCUT2D eigenvalue weighted by atomic mass is 16.3. The molecule has 3 nitrogen and oxygen atoms in total. The van der Waals surface area contributed by atoms with Crippen molar-refractivity contribution in [2.75, 3.05) is 0 Å². The van der Waals surface area contributed by atoms with E-state index in [9.17, 15) is 9.90 Å². The average molecular weight is 283 g/mol. The number of carbonyl (C=O) groups is 1. The van der Waals surface area contributed by atoms with E-state index in [1.54, 1.807) is 0 Å². The van der Waals surface area contributed by atoms with E-state index in [0.29, 0.717) is 13.0 Å². The van der Waals surface area contributed by atoms with Gasteiger partial charge in [-0.25, -0.2) is 0 Å². The fourth-order valence-corrected chi connectivity index (χ4v) is 2.29. The van der Waals surface area contributed by atoms with Crippen molar-refractivity contribution in [2.24, 2.45) is 0 Å². The van der Waals surface area contributed by atoms with Crippen molar-refractivity contribution in [1.29, 1.82) is 0 Å². The van der Waals surface area contributed by atoms with Crippen LogP contribution in [0.5, 0.6) is 0 Å². The van der Waals surface area contributed by atoms with Crippen LogP contribution in [0.15, 0.2) is 48.5 Å². The van der Waals surface area contributed by atoms with Crippen molar-refractivity contribution in [2.45, 2.75) is 32.9 Å². The summed E-state index contributed by atoms with van der Waals surface area (Å²) in [5.41, 5.74) is 4.08. The summed E-state index contributed by atoms with van der Waals surface area (Å²) in [6.07, 6.45) is 1.36. The Morgan fingerprint density at radius 2 is 1.76 bits per heavy atom. The maximum Gasteiger partial charge on any atom is 0.224 e. The minimum absolute atomic E-state index is 0.00371. The van der Waals surface area contributed by atoms with E-state index in [1.807, 2.05) is 36.4 Å². The average Bonchev–Trinajstić information content (AvgIpc) is 2.53. The number of rotatable bonds is 6. The summed E-state index contributed by atoms with van der Waals surface area (Å²) in [5.74, 6) is -0.00371. The van der Waals surface area contributed by atoms with Gasteiger partial charge >= 0.3 is 0 Å². The maximum atomic E-state index is 12.0. The molecule has 0 radical (unpaired) electrons. The van der Waals surface area contributed by atoms with Crippen LogP contribution >= 0.6 is 0 Å². The van der Waals surface area contributed by atoms with Crippen LogP contribution < -0.4 is 5.32 Å². The number of aliphatic hydroxyl groups is 1. The van der Waals surface area contributed by atoms with Crippen LogP contribution in [0.1, 0.15) is 29.2 Å². The molecule has 2 aromatic rings. The predicted molar refractivity (Wildman–Crippen MR) is 83.7 cm³/mol. The highest BCUT2D eigenvalue weighted by Crippen LogP contribution is 2.09. The molecule has 21 heavy (non-hydrogen) atoms. The van der Waals surface area contributed by atoms with Crippen LogP contribution in [0.3, 0.4) is 0 Å². The summed E-state index contributed by atoms with van der Waals surface area (Å²) in [6, 6.07) is 15.7. The summed E-state index contributed by atoms with van der Waals surface area (Å²) in [5, 5.41) is 12.2. The van der Waals surface area contributed by atoms with Gasteiger partial charge in [0.15, 0.2) is 0 Å². The van der Waals surface area contributed by atoms with Gasteiger partial charge in [0.2, 0.25) is 5.91 Å². The Kier molecular flexibility index (Phi) is 5.52. The topological polar surface area (TPSA) is 49.3 Å². The summed E-state index contributed by atoms with van der Waals surface area (Å²) in [6.45, 7) is 2.54. The molecule has 3 heteroatoms. The molecule has 0 saturated carbocycles. The first-order chi connectivity index (χ1) is 10.2. The molecule has 0 heterocycles. The molecule has 0 atom stereocenters. The van der Waals surface area contributed by atoms with Gasteiger partial charge < -0.3 is 10.4 Å². The van der Waals surface area contributed by atoms with Crippen LogP contribution in [-0.4, -0.2) is 11.0 Å². The van der Waals surface area contributed by atoms with Crippen molar-refractivity contribution in [3.8, 4) is 0 Å². The third-order valence-electron chi connectivity index (χ3n) is 3.53. The van der Waals surface area contributed by atoms with Gasteiger partial charge in [0.1, 0.15) is 0 Å². The molecule has 1 amide bonds. The predicted octanol–water partition coefficient (Wildman–Crippen LogP) is 2.60. The highest BCUT2D eigenvalue weighted by Gasteiger charge is 2.06. The molecule has 0 bridgehead atoms. The number of amides is 1. The largest absolute Gasteiger partial charge is 0.392 e. The lowest BCUT2D eigenvalue weighted by atomic mass is 10.1. The van der Waals surface area contributed by atoms with E-state index < -0.39 is 0 Å². The number of nitrogens with one attached hydrogen (secondary N) is 1. The monoisotopic (exact) mass is 283 g/mol. The zero-order valence-corrected chi connectivity index (χ0v) is 12.3. The lowest BCUT2D eigenvalue weighted by Crippen LogP contribution is -2.25. The Balaban J connectivity index is 1.92. The standard InChI is InChI=1S/C18H21NO2/c1-2-14-6-5-7-15(10-14)11-18(21)19-12-16-8-3-4-9-17(16)13-20/h3-10,20H,2,11-13H2,1H3,(H,19,21). The number of carbonyl (C=O) groups excluding carboxylic acids is 1. The number of hydrogen-bond donors (Lipinski definition) is 2. The van der Waals surface area contributed by atoms with Crippen molar-refractivity contribution >= 4 is 5.91 Å². The second-order valence-corrected chi connectivity index (χ2v) is 5.05. The first-order valence-corrected chi connectivity index (χ1v) is 7.25. The minimum Gasteiger partial charge on any atom is -0.392 e. The summed E-state index contributed by atoms with van der Waals surface area (Å²) < 4.78 is 0. The van der Waals surface area contributed by atoms with Gasteiger partial charge in [0.05, 0.1) is 13.0 Å². The number of hydrogen-bond acceptors (Lipinski definition) is 2. The van der Waals surface area contributed by atoms with Crippen molar-refractivity contribution in [1.82, 2.24) is 5.32 Å². The van der Waals surface area contributed by atoms with E-state index in [1.165, 1.54) is 5.56 Å². The van der Waals surface area contributed by atoms with Crippen LogP contribution in [0, 0.1) is 0 Å². The summed E-state index contributed by atoms with van der Waals surface area (Å²) >= 11 is 0. The molecule has 0 saturated heterocycles. The van der Waals surface area contributed by atoms with Crippen LogP contribution in [0.4, 0.5) is 0 Å². The molecule has 0 unspecified atom stereocenters. The first kappa shape index (κ1) is 15.3. The fraction of sp³-hybridized carbons (Fsp3) is 0.278. The lowest BCUT2D eigenvalue weighted by molar-refractivity contribution is -0.120. The van der Waals surface area contributed by atoms with E-state index in [2.05, 4.69) is 24.4 Å². The number of aliphatic hydroxyl groups excluding tert-OH is 1. The minimum atomic E-state index is -0.00934. The molecular weight excluding hydrogens is 262 g/mol. The Morgan fingerprint density at radius 1 is 1.05 bits per heavy atom. The molecular formula is C18H21NO2. The Hall–Kier alpha value is -2.13. The van der Waals surface area contributed by atoms with Gasteiger partial charge in [-0.3, -0.25) is 4.79 Å². The second-order valence-electron chi connectivity index (χ2n) is 5.05. The highest BCUT2D eigenvalue weighted by molar-refractivity contribution is 5.78. The second kappa shape index (κ2) is 7.60. The molecule has 2 N–H and O–H groups in total.